The van der Waals surface area contributed by atoms with Gasteiger partial charge in [0.05, 0.1) is 30.9 Å². The van der Waals surface area contributed by atoms with Gasteiger partial charge < -0.3 is 19.3 Å². The van der Waals surface area contributed by atoms with Crippen LogP contribution in [0.2, 0.25) is 5.02 Å². The van der Waals surface area contributed by atoms with E-state index in [2.05, 4.69) is 0 Å². The summed E-state index contributed by atoms with van der Waals surface area (Å²) in [5.74, 6) is -0.137. The average molecular weight is 351 g/mol. The number of ether oxygens (including phenoxy) is 3. The molecule has 0 saturated carbocycles. The molecule has 0 aliphatic heterocycles. The second-order valence-electron chi connectivity index (χ2n) is 5.12. The second kappa shape index (κ2) is 7.55. The summed E-state index contributed by atoms with van der Waals surface area (Å²) in [5.41, 5.74) is 0.506. The average Bonchev–Trinajstić information content (AvgIpc) is 2.58. The molecule has 0 aromatic heterocycles. The number of carboxylic acids is 1. The predicted octanol–water partition coefficient (Wildman–Crippen LogP) is 4.01. The number of benzene rings is 2. The third-order valence-corrected chi connectivity index (χ3v) is 4.22. The van der Waals surface area contributed by atoms with E-state index in [0.29, 0.717) is 17.1 Å². The van der Waals surface area contributed by atoms with Crippen molar-refractivity contribution in [2.24, 2.45) is 0 Å². The highest BCUT2D eigenvalue weighted by atomic mass is 35.5. The molecule has 0 aliphatic rings. The third kappa shape index (κ3) is 3.18. The van der Waals surface area contributed by atoms with Crippen LogP contribution in [0.15, 0.2) is 29.8 Å². The zero-order chi connectivity index (χ0) is 17.9. The normalized spacial score (nSPS) is 13.0. The fourth-order valence-electron chi connectivity index (χ4n) is 2.55. The lowest BCUT2D eigenvalue weighted by molar-refractivity contribution is -0.133. The van der Waals surface area contributed by atoms with Crippen molar-refractivity contribution in [2.45, 2.75) is 13.0 Å². The third-order valence-electron chi connectivity index (χ3n) is 3.84. The molecule has 2 aromatic rings. The van der Waals surface area contributed by atoms with Crippen LogP contribution in [0.4, 0.5) is 0 Å². The minimum atomic E-state index is -1.09. The van der Waals surface area contributed by atoms with E-state index >= 15 is 0 Å². The molecule has 6 heteroatoms. The van der Waals surface area contributed by atoms with Crippen LogP contribution in [-0.2, 0) is 9.53 Å². The van der Waals surface area contributed by atoms with Gasteiger partial charge in [-0.15, -0.1) is 0 Å². The van der Waals surface area contributed by atoms with Gasteiger partial charge in [-0.2, -0.15) is 0 Å². The van der Waals surface area contributed by atoms with Gasteiger partial charge in [-0.05, 0) is 13.0 Å². The number of hydrogen-bond donors (Lipinski definition) is 1. The summed E-state index contributed by atoms with van der Waals surface area (Å²) in [5, 5.41) is 11.3. The molecule has 1 N–H and O–H groups in total. The van der Waals surface area contributed by atoms with Crippen LogP contribution in [0.25, 0.3) is 16.8 Å². The maximum atomic E-state index is 11.6. The van der Waals surface area contributed by atoms with Gasteiger partial charge in [-0.25, -0.2) is 4.79 Å². The van der Waals surface area contributed by atoms with Crippen molar-refractivity contribution >= 4 is 34.4 Å². The molecule has 5 nitrogen and oxygen atoms in total. The van der Waals surface area contributed by atoms with Crippen LogP contribution in [0, 0.1) is 0 Å². The van der Waals surface area contributed by atoms with Crippen molar-refractivity contribution < 1.29 is 24.1 Å². The van der Waals surface area contributed by atoms with E-state index in [0.717, 1.165) is 10.8 Å². The summed E-state index contributed by atoms with van der Waals surface area (Å²) in [4.78, 5) is 11.6. The Hall–Kier alpha value is -2.24. The fraction of sp³-hybridized carbons (Fsp3) is 0.278. The van der Waals surface area contributed by atoms with Gasteiger partial charge in [-0.3, -0.25) is 0 Å². The zero-order valence-electron chi connectivity index (χ0n) is 13.9. The summed E-state index contributed by atoms with van der Waals surface area (Å²) < 4.78 is 16.1. The lowest BCUT2D eigenvalue weighted by Crippen LogP contribution is -2.16. The smallest absolute Gasteiger partial charge is 0.334 e. The van der Waals surface area contributed by atoms with E-state index < -0.39 is 12.1 Å². The van der Waals surface area contributed by atoms with Gasteiger partial charge >= 0.3 is 5.97 Å². The molecule has 2 rings (SSSR count). The van der Waals surface area contributed by atoms with Crippen LogP contribution < -0.4 is 9.47 Å². The summed E-state index contributed by atoms with van der Waals surface area (Å²) in [6.07, 6.45) is 0.854. The lowest BCUT2D eigenvalue weighted by Gasteiger charge is -2.17. The van der Waals surface area contributed by atoms with Gasteiger partial charge in [0.15, 0.2) is 0 Å². The van der Waals surface area contributed by atoms with Gasteiger partial charge in [0.1, 0.15) is 11.5 Å². The Labute approximate surface area is 145 Å². The molecular weight excluding hydrogens is 332 g/mol. The maximum Gasteiger partial charge on any atom is 0.334 e. The quantitative estimate of drug-likeness (QED) is 0.797. The molecule has 0 saturated heterocycles. The van der Waals surface area contributed by atoms with E-state index in [1.54, 1.807) is 6.92 Å². The molecule has 0 heterocycles. The molecule has 24 heavy (non-hydrogen) atoms. The molecular formula is C18H19ClO5. The first kappa shape index (κ1) is 18.1. The van der Waals surface area contributed by atoms with E-state index in [-0.39, 0.29) is 10.6 Å². The summed E-state index contributed by atoms with van der Waals surface area (Å²) in [7, 11) is 4.48. The Morgan fingerprint density at radius 1 is 1.12 bits per heavy atom. The summed E-state index contributed by atoms with van der Waals surface area (Å²) >= 11 is 6.49. The molecule has 2 aromatic carbocycles. The zero-order valence-corrected chi connectivity index (χ0v) is 14.7. The minimum absolute atomic E-state index is 0.0648. The van der Waals surface area contributed by atoms with Crippen molar-refractivity contribution in [3.8, 4) is 11.5 Å². The Balaban J connectivity index is 2.87. The number of carboxylic acid groups (broad SMARTS) is 1. The highest BCUT2D eigenvalue weighted by molar-refractivity contribution is 6.35. The van der Waals surface area contributed by atoms with Crippen molar-refractivity contribution in [1.82, 2.24) is 0 Å². The van der Waals surface area contributed by atoms with Crippen LogP contribution in [-0.4, -0.2) is 38.5 Å². The number of hydrogen-bond acceptors (Lipinski definition) is 4. The molecule has 0 amide bonds. The second-order valence-corrected chi connectivity index (χ2v) is 5.50. The highest BCUT2D eigenvalue weighted by Gasteiger charge is 2.22. The molecule has 0 bridgehead atoms. The Morgan fingerprint density at radius 2 is 1.67 bits per heavy atom. The Morgan fingerprint density at radius 3 is 2.12 bits per heavy atom. The highest BCUT2D eigenvalue weighted by Crippen LogP contribution is 2.44. The van der Waals surface area contributed by atoms with Crippen LogP contribution in [0.5, 0.6) is 11.5 Å². The minimum Gasteiger partial charge on any atom is -0.495 e. The number of rotatable bonds is 6. The first-order chi connectivity index (χ1) is 11.5. The van der Waals surface area contributed by atoms with Crippen molar-refractivity contribution in [1.29, 1.82) is 0 Å². The molecule has 1 unspecified atom stereocenters. The fourth-order valence-corrected chi connectivity index (χ4v) is 2.87. The Bertz CT molecular complexity index is 798. The van der Waals surface area contributed by atoms with Crippen LogP contribution in [0.1, 0.15) is 12.5 Å². The van der Waals surface area contributed by atoms with E-state index in [4.69, 9.17) is 25.8 Å². The van der Waals surface area contributed by atoms with Crippen molar-refractivity contribution in [3.05, 3.63) is 40.4 Å². The first-order valence-corrected chi connectivity index (χ1v) is 7.63. The molecule has 128 valence electrons. The number of methoxy groups -OCH3 is 3. The molecule has 0 spiro atoms. The molecule has 0 radical (unpaired) electrons. The number of fused-ring (bicyclic) bond motifs is 1. The molecule has 0 fully saturated rings. The SMILES string of the molecule is COc1c(Cl)c(/C=C(/C(=O)O)C(C)OC)c(OC)c2ccccc12. The topological polar surface area (TPSA) is 65.0 Å². The number of carbonyl (C=O) groups is 1. The van der Waals surface area contributed by atoms with Crippen molar-refractivity contribution in [2.75, 3.05) is 21.3 Å². The Kier molecular flexibility index (Phi) is 5.70. The first-order valence-electron chi connectivity index (χ1n) is 7.26. The monoisotopic (exact) mass is 350 g/mol. The van der Waals surface area contributed by atoms with Gasteiger partial charge in [0, 0.05) is 23.4 Å². The molecule has 0 aliphatic carbocycles. The van der Waals surface area contributed by atoms with Gasteiger partial charge in [-0.1, -0.05) is 35.9 Å². The number of aliphatic carboxylic acids is 1. The molecule has 1 atom stereocenters. The summed E-state index contributed by atoms with van der Waals surface area (Å²) in [6.45, 7) is 1.65. The standard InChI is InChI=1S/C18H19ClO5/c1-10(22-2)13(18(20)21)9-14-15(19)17(24-4)12-8-6-5-7-11(12)16(14)23-3/h5-10H,1-4H3,(H,20,21)/b13-9+. The van der Waals surface area contributed by atoms with Crippen LogP contribution >= 0.6 is 11.6 Å². The van der Waals surface area contributed by atoms with Crippen molar-refractivity contribution in [3.63, 3.8) is 0 Å². The number of halogens is 1. The maximum absolute atomic E-state index is 11.6. The van der Waals surface area contributed by atoms with Crippen LogP contribution in [0.3, 0.4) is 0 Å². The predicted molar refractivity (Wildman–Crippen MR) is 94.1 cm³/mol. The van der Waals surface area contributed by atoms with E-state index in [9.17, 15) is 9.90 Å². The van der Waals surface area contributed by atoms with E-state index in [1.165, 1.54) is 27.4 Å². The summed E-state index contributed by atoms with van der Waals surface area (Å²) in [6, 6.07) is 7.46. The largest absolute Gasteiger partial charge is 0.495 e. The lowest BCUT2D eigenvalue weighted by atomic mass is 10.0. The van der Waals surface area contributed by atoms with Gasteiger partial charge in [0.2, 0.25) is 0 Å². The van der Waals surface area contributed by atoms with Gasteiger partial charge in [0.25, 0.3) is 0 Å². The van der Waals surface area contributed by atoms with E-state index in [1.807, 2.05) is 24.3 Å².